The van der Waals surface area contributed by atoms with E-state index in [-0.39, 0.29) is 12.1 Å². The van der Waals surface area contributed by atoms with Crippen LogP contribution in [0.1, 0.15) is 32.3 Å². The molecule has 0 unspecified atom stereocenters. The lowest BCUT2D eigenvalue weighted by atomic mass is 10.2. The predicted octanol–water partition coefficient (Wildman–Crippen LogP) is 2.69. The Balaban J connectivity index is 2.55. The maximum Gasteiger partial charge on any atom is 0.315 e. The van der Waals surface area contributed by atoms with E-state index in [9.17, 15) is 4.79 Å². The van der Waals surface area contributed by atoms with Gasteiger partial charge in [0.1, 0.15) is 0 Å². The number of hydrogen-bond acceptors (Lipinski definition) is 3. The molecule has 0 atom stereocenters. The highest BCUT2D eigenvalue weighted by Crippen LogP contribution is 2.27. The highest BCUT2D eigenvalue weighted by molar-refractivity contribution is 5.74. The Kier molecular flexibility index (Phi) is 6.70. The van der Waals surface area contributed by atoms with E-state index < -0.39 is 0 Å². The Bertz CT molecular complexity index is 431. The lowest BCUT2D eigenvalue weighted by Crippen LogP contribution is -2.41. The Morgan fingerprint density at radius 3 is 2.35 bits per heavy atom. The molecule has 1 aromatic rings. The minimum atomic E-state index is -0.145. The molecule has 0 bridgehead atoms. The third-order valence-corrected chi connectivity index (χ3v) is 3.22. The van der Waals surface area contributed by atoms with Crippen LogP contribution >= 0.6 is 0 Å². The highest BCUT2D eigenvalue weighted by atomic mass is 16.5. The number of rotatable bonds is 7. The van der Waals surface area contributed by atoms with Gasteiger partial charge >= 0.3 is 6.03 Å². The van der Waals surface area contributed by atoms with E-state index in [2.05, 4.69) is 24.5 Å². The van der Waals surface area contributed by atoms with Gasteiger partial charge in [-0.3, -0.25) is 0 Å². The molecule has 1 aromatic carbocycles. The second kappa shape index (κ2) is 8.30. The summed E-state index contributed by atoms with van der Waals surface area (Å²) in [5, 5.41) is 5.77. The number of benzene rings is 1. The first-order valence-corrected chi connectivity index (χ1v) is 6.89. The van der Waals surface area contributed by atoms with Gasteiger partial charge in [-0.1, -0.05) is 19.9 Å². The van der Waals surface area contributed by atoms with Crippen molar-refractivity contribution in [2.24, 2.45) is 0 Å². The van der Waals surface area contributed by atoms with Crippen LogP contribution in [0.25, 0.3) is 0 Å². The molecular weight excluding hydrogens is 256 g/mol. The number of carbonyl (C=O) groups excluding carboxylic acids is 1. The maximum atomic E-state index is 11.7. The van der Waals surface area contributed by atoms with Crippen LogP contribution in [0, 0.1) is 0 Å². The van der Waals surface area contributed by atoms with Crippen LogP contribution in [0.2, 0.25) is 0 Å². The van der Waals surface area contributed by atoms with Gasteiger partial charge in [0.2, 0.25) is 0 Å². The number of amides is 2. The number of hydrogen-bond donors (Lipinski definition) is 2. The van der Waals surface area contributed by atoms with Crippen LogP contribution < -0.4 is 20.1 Å². The molecular formula is C15H24N2O3. The van der Waals surface area contributed by atoms with Crippen molar-refractivity contribution in [2.75, 3.05) is 14.2 Å². The first kappa shape index (κ1) is 16.1. The SMILES string of the molecule is CCC(CC)NC(=O)NCc1ccc(OC)c(OC)c1. The van der Waals surface area contributed by atoms with Crippen molar-refractivity contribution in [1.82, 2.24) is 10.6 Å². The minimum Gasteiger partial charge on any atom is -0.493 e. The molecule has 5 nitrogen and oxygen atoms in total. The molecule has 0 aliphatic carbocycles. The molecule has 112 valence electrons. The van der Waals surface area contributed by atoms with Crippen molar-refractivity contribution in [2.45, 2.75) is 39.3 Å². The van der Waals surface area contributed by atoms with Gasteiger partial charge in [0.05, 0.1) is 14.2 Å². The van der Waals surface area contributed by atoms with Crippen LogP contribution in [0.3, 0.4) is 0 Å². The van der Waals surface area contributed by atoms with Crippen LogP contribution in [-0.2, 0) is 6.54 Å². The summed E-state index contributed by atoms with van der Waals surface area (Å²) < 4.78 is 10.4. The Labute approximate surface area is 120 Å². The van der Waals surface area contributed by atoms with Crippen LogP contribution in [0.5, 0.6) is 11.5 Å². The Hall–Kier alpha value is -1.91. The number of methoxy groups -OCH3 is 2. The zero-order valence-electron chi connectivity index (χ0n) is 12.7. The summed E-state index contributed by atoms with van der Waals surface area (Å²) in [4.78, 5) is 11.7. The molecule has 1 rings (SSSR count). The van der Waals surface area contributed by atoms with Crippen molar-refractivity contribution in [3.8, 4) is 11.5 Å². The molecule has 2 N–H and O–H groups in total. The summed E-state index contributed by atoms with van der Waals surface area (Å²) in [7, 11) is 3.19. The van der Waals surface area contributed by atoms with Crippen molar-refractivity contribution in [3.63, 3.8) is 0 Å². The van der Waals surface area contributed by atoms with Crippen molar-refractivity contribution in [3.05, 3.63) is 23.8 Å². The second-order valence-corrected chi connectivity index (χ2v) is 4.53. The fraction of sp³-hybridized carbons (Fsp3) is 0.533. The van der Waals surface area contributed by atoms with Gasteiger partial charge < -0.3 is 20.1 Å². The van der Waals surface area contributed by atoms with Crippen LogP contribution in [0.15, 0.2) is 18.2 Å². The molecule has 0 spiro atoms. The lowest BCUT2D eigenvalue weighted by Gasteiger charge is -2.15. The second-order valence-electron chi connectivity index (χ2n) is 4.53. The summed E-state index contributed by atoms with van der Waals surface area (Å²) in [6, 6.07) is 5.66. The molecule has 0 heterocycles. The monoisotopic (exact) mass is 280 g/mol. The van der Waals surface area contributed by atoms with E-state index in [0.29, 0.717) is 18.0 Å². The fourth-order valence-electron chi connectivity index (χ4n) is 1.90. The molecule has 0 aromatic heterocycles. The van der Waals surface area contributed by atoms with Gasteiger partial charge in [-0.25, -0.2) is 4.79 Å². The summed E-state index contributed by atoms with van der Waals surface area (Å²) >= 11 is 0. The smallest absolute Gasteiger partial charge is 0.315 e. The van der Waals surface area contributed by atoms with E-state index in [0.717, 1.165) is 18.4 Å². The Morgan fingerprint density at radius 2 is 1.80 bits per heavy atom. The summed E-state index contributed by atoms with van der Waals surface area (Å²) in [5.41, 5.74) is 0.961. The quantitative estimate of drug-likeness (QED) is 0.807. The first-order chi connectivity index (χ1) is 9.64. The number of ether oxygens (including phenoxy) is 2. The van der Waals surface area contributed by atoms with Gasteiger partial charge in [-0.05, 0) is 30.5 Å². The van der Waals surface area contributed by atoms with Crippen LogP contribution in [-0.4, -0.2) is 26.3 Å². The molecule has 0 saturated heterocycles. The van der Waals surface area contributed by atoms with Gasteiger partial charge in [0, 0.05) is 12.6 Å². The third-order valence-electron chi connectivity index (χ3n) is 3.22. The van der Waals surface area contributed by atoms with E-state index in [1.165, 1.54) is 0 Å². The zero-order valence-corrected chi connectivity index (χ0v) is 12.7. The summed E-state index contributed by atoms with van der Waals surface area (Å²) in [6.07, 6.45) is 1.86. The van der Waals surface area contributed by atoms with E-state index in [1.807, 2.05) is 18.2 Å². The lowest BCUT2D eigenvalue weighted by molar-refractivity contribution is 0.235. The number of nitrogens with one attached hydrogen (secondary N) is 2. The number of carbonyl (C=O) groups is 1. The van der Waals surface area contributed by atoms with Crippen molar-refractivity contribution < 1.29 is 14.3 Å². The molecule has 0 radical (unpaired) electrons. The number of urea groups is 1. The largest absolute Gasteiger partial charge is 0.493 e. The molecule has 0 aliphatic heterocycles. The third kappa shape index (κ3) is 4.64. The zero-order chi connectivity index (χ0) is 15.0. The average Bonchev–Trinajstić information content (AvgIpc) is 2.50. The Morgan fingerprint density at radius 1 is 1.15 bits per heavy atom. The van der Waals surface area contributed by atoms with Gasteiger partial charge in [-0.2, -0.15) is 0 Å². The average molecular weight is 280 g/mol. The fourth-order valence-corrected chi connectivity index (χ4v) is 1.90. The highest BCUT2D eigenvalue weighted by Gasteiger charge is 2.09. The van der Waals surface area contributed by atoms with Gasteiger partial charge in [-0.15, -0.1) is 0 Å². The molecule has 2 amide bonds. The summed E-state index contributed by atoms with van der Waals surface area (Å²) in [5.74, 6) is 1.34. The molecule has 20 heavy (non-hydrogen) atoms. The molecule has 0 saturated carbocycles. The normalized spacial score (nSPS) is 10.2. The van der Waals surface area contributed by atoms with E-state index in [4.69, 9.17) is 9.47 Å². The summed E-state index contributed by atoms with van der Waals surface area (Å²) in [6.45, 7) is 4.57. The van der Waals surface area contributed by atoms with Crippen molar-refractivity contribution >= 4 is 6.03 Å². The van der Waals surface area contributed by atoms with Crippen molar-refractivity contribution in [1.29, 1.82) is 0 Å². The van der Waals surface area contributed by atoms with Gasteiger partial charge in [0.25, 0.3) is 0 Å². The van der Waals surface area contributed by atoms with Gasteiger partial charge in [0.15, 0.2) is 11.5 Å². The van der Waals surface area contributed by atoms with E-state index in [1.54, 1.807) is 14.2 Å². The molecule has 0 aliphatic rings. The minimum absolute atomic E-state index is 0.145. The predicted molar refractivity (Wildman–Crippen MR) is 79.3 cm³/mol. The standard InChI is InChI=1S/C15H24N2O3/c1-5-12(6-2)17-15(18)16-10-11-7-8-13(19-3)14(9-11)20-4/h7-9,12H,5-6,10H2,1-4H3,(H2,16,17,18). The van der Waals surface area contributed by atoms with Crippen LogP contribution in [0.4, 0.5) is 4.79 Å². The maximum absolute atomic E-state index is 11.7. The molecule has 5 heteroatoms. The molecule has 0 fully saturated rings. The van der Waals surface area contributed by atoms with E-state index >= 15 is 0 Å². The first-order valence-electron chi connectivity index (χ1n) is 6.89. The topological polar surface area (TPSA) is 59.6 Å².